The maximum absolute atomic E-state index is 12.5. The van der Waals surface area contributed by atoms with Gasteiger partial charge < -0.3 is 19.5 Å². The molecule has 1 saturated heterocycles. The minimum Gasteiger partial charge on any atom is -0.477 e. The molecule has 0 aliphatic carbocycles. The summed E-state index contributed by atoms with van der Waals surface area (Å²) in [5.74, 6) is -1.58. The van der Waals surface area contributed by atoms with E-state index in [1.807, 2.05) is 24.3 Å². The number of pyridine rings is 1. The Morgan fingerprint density at radius 2 is 1.67 bits per heavy atom. The number of carboxylic acids is 1. The van der Waals surface area contributed by atoms with Gasteiger partial charge in [0.15, 0.2) is 11.3 Å². The van der Waals surface area contributed by atoms with Crippen LogP contribution in [0.3, 0.4) is 0 Å². The van der Waals surface area contributed by atoms with E-state index in [0.29, 0.717) is 35.5 Å². The number of aryl methyl sites for hydroxylation is 1. The first-order valence-electron chi connectivity index (χ1n) is 11.1. The molecular weight excluding hydrogens is 477 g/mol. The van der Waals surface area contributed by atoms with Crippen molar-refractivity contribution in [2.24, 2.45) is 0 Å². The van der Waals surface area contributed by atoms with Gasteiger partial charge in [0, 0.05) is 18.8 Å². The fraction of sp³-hybridized carbons (Fsp3) is 0.240. The van der Waals surface area contributed by atoms with Crippen molar-refractivity contribution in [3.63, 3.8) is 0 Å². The quantitative estimate of drug-likeness (QED) is 0.422. The van der Waals surface area contributed by atoms with Gasteiger partial charge in [-0.25, -0.2) is 14.5 Å². The van der Waals surface area contributed by atoms with E-state index >= 15 is 0 Å². The average molecular weight is 498 g/mol. The fourth-order valence-electron chi connectivity index (χ4n) is 4.27. The van der Waals surface area contributed by atoms with Crippen molar-refractivity contribution in [1.82, 2.24) is 14.8 Å². The Hall–Kier alpha value is -4.12. The highest BCUT2D eigenvalue weighted by Crippen LogP contribution is 2.34. The number of fused-ring (bicyclic) bond motifs is 1. The number of nitrogens with zero attached hydrogens (tertiary/aromatic N) is 4. The van der Waals surface area contributed by atoms with Crippen LogP contribution in [0.5, 0.6) is 5.75 Å². The summed E-state index contributed by atoms with van der Waals surface area (Å²) >= 11 is 0. The van der Waals surface area contributed by atoms with Gasteiger partial charge in [-0.05, 0) is 60.5 Å². The monoisotopic (exact) mass is 498 g/mol. The largest absolute Gasteiger partial charge is 0.573 e. The number of hydrogen-bond acceptors (Lipinski definition) is 6. The van der Waals surface area contributed by atoms with E-state index in [1.165, 1.54) is 22.9 Å². The zero-order valence-electron chi connectivity index (χ0n) is 19.1. The molecule has 0 atom stereocenters. The van der Waals surface area contributed by atoms with Crippen LogP contribution in [-0.2, 0) is 4.74 Å². The molecule has 0 saturated carbocycles. The molecule has 2 aromatic heterocycles. The summed E-state index contributed by atoms with van der Waals surface area (Å²) in [7, 11) is 0. The number of anilines is 1. The molecule has 5 rings (SSSR count). The number of morpholine rings is 1. The topological polar surface area (TPSA) is 89.7 Å². The van der Waals surface area contributed by atoms with Gasteiger partial charge in [-0.15, -0.1) is 13.2 Å². The van der Waals surface area contributed by atoms with Crippen LogP contribution in [-0.4, -0.2) is 58.5 Å². The van der Waals surface area contributed by atoms with E-state index in [-0.39, 0.29) is 17.1 Å². The summed E-state index contributed by atoms with van der Waals surface area (Å²) in [6, 6.07) is 14.4. The number of benzene rings is 2. The number of carboxylic acid groups (broad SMARTS) is 1. The molecule has 0 spiro atoms. The van der Waals surface area contributed by atoms with Crippen molar-refractivity contribution in [2.45, 2.75) is 13.3 Å². The maximum atomic E-state index is 12.5. The van der Waals surface area contributed by atoms with Gasteiger partial charge in [0.05, 0.1) is 30.0 Å². The Kier molecular flexibility index (Phi) is 6.00. The zero-order valence-corrected chi connectivity index (χ0v) is 19.1. The predicted molar refractivity (Wildman–Crippen MR) is 126 cm³/mol. The van der Waals surface area contributed by atoms with E-state index in [0.717, 1.165) is 36.5 Å². The first kappa shape index (κ1) is 23.6. The van der Waals surface area contributed by atoms with Crippen LogP contribution < -0.4 is 9.64 Å². The third-order valence-electron chi connectivity index (χ3n) is 5.90. The van der Waals surface area contributed by atoms with Crippen molar-refractivity contribution in [2.75, 3.05) is 31.2 Å². The molecule has 8 nitrogen and oxygen atoms in total. The number of rotatable bonds is 5. The van der Waals surface area contributed by atoms with Crippen LogP contribution in [0, 0.1) is 6.92 Å². The van der Waals surface area contributed by atoms with E-state index < -0.39 is 12.3 Å². The minimum atomic E-state index is -4.80. The second kappa shape index (κ2) is 9.15. The molecule has 0 amide bonds. The maximum Gasteiger partial charge on any atom is 0.573 e. The third kappa shape index (κ3) is 4.69. The summed E-state index contributed by atoms with van der Waals surface area (Å²) in [6.45, 7) is 4.68. The van der Waals surface area contributed by atoms with Crippen LogP contribution in [0.1, 0.15) is 16.2 Å². The van der Waals surface area contributed by atoms with Gasteiger partial charge in [0.25, 0.3) is 0 Å². The highest BCUT2D eigenvalue weighted by atomic mass is 19.4. The molecule has 3 heterocycles. The summed E-state index contributed by atoms with van der Waals surface area (Å²) in [5, 5.41) is 14.9. The van der Waals surface area contributed by atoms with Gasteiger partial charge in [0.1, 0.15) is 5.75 Å². The predicted octanol–water partition coefficient (Wildman–Crippen LogP) is 4.83. The van der Waals surface area contributed by atoms with Crippen LogP contribution in [0.4, 0.5) is 18.9 Å². The van der Waals surface area contributed by atoms with Gasteiger partial charge in [0.2, 0.25) is 0 Å². The molecule has 1 aliphatic heterocycles. The number of alkyl halides is 3. The van der Waals surface area contributed by atoms with Crippen LogP contribution in [0.15, 0.2) is 54.6 Å². The lowest BCUT2D eigenvalue weighted by Gasteiger charge is -2.29. The summed E-state index contributed by atoms with van der Waals surface area (Å²) in [4.78, 5) is 18.4. The smallest absolute Gasteiger partial charge is 0.477 e. The Bertz CT molecular complexity index is 1410. The van der Waals surface area contributed by atoms with Crippen molar-refractivity contribution in [3.8, 4) is 22.6 Å². The van der Waals surface area contributed by atoms with Crippen LogP contribution in [0.2, 0.25) is 0 Å². The molecule has 0 bridgehead atoms. The van der Waals surface area contributed by atoms with Crippen LogP contribution in [0.25, 0.3) is 27.8 Å². The summed E-state index contributed by atoms with van der Waals surface area (Å²) in [6.07, 6.45) is -4.80. The van der Waals surface area contributed by atoms with E-state index in [2.05, 4.69) is 19.7 Å². The van der Waals surface area contributed by atoms with Crippen molar-refractivity contribution in [1.29, 1.82) is 0 Å². The highest BCUT2D eigenvalue weighted by molar-refractivity contribution is 6.00. The third-order valence-corrected chi connectivity index (χ3v) is 5.90. The van der Waals surface area contributed by atoms with Crippen molar-refractivity contribution < 1.29 is 32.5 Å². The molecule has 0 unspecified atom stereocenters. The Balaban J connectivity index is 1.58. The van der Waals surface area contributed by atoms with E-state index in [4.69, 9.17) is 4.74 Å². The first-order valence-corrected chi connectivity index (χ1v) is 11.1. The molecule has 2 aromatic carbocycles. The average Bonchev–Trinajstić information content (AvgIpc) is 3.20. The second-order valence-electron chi connectivity index (χ2n) is 8.24. The number of hydrogen-bond donors (Lipinski definition) is 1. The zero-order chi connectivity index (χ0) is 25.4. The SMILES string of the molecule is Cc1nn(-c2ccc(OC(F)(F)F)cc2)c2nc(C(=O)O)cc(-c3ccc(N4CCOCC4)cc3)c12. The van der Waals surface area contributed by atoms with Gasteiger partial charge in [-0.1, -0.05) is 12.1 Å². The number of carbonyl (C=O) groups is 1. The standard InChI is InChI=1S/C25H21F3N4O4/c1-15-22-20(16-2-4-17(5-3-16)31-10-12-35-13-11-31)14-21(24(33)34)29-23(22)32(30-15)18-6-8-19(9-7-18)36-25(26,27)28/h2-9,14H,10-13H2,1H3,(H,33,34). The molecule has 186 valence electrons. The highest BCUT2D eigenvalue weighted by Gasteiger charge is 2.31. The lowest BCUT2D eigenvalue weighted by atomic mass is 10.0. The number of aromatic carboxylic acids is 1. The number of aromatic nitrogens is 3. The van der Waals surface area contributed by atoms with E-state index in [9.17, 15) is 23.1 Å². The van der Waals surface area contributed by atoms with Gasteiger partial charge in [-0.3, -0.25) is 0 Å². The number of halogens is 3. The Morgan fingerprint density at radius 1 is 1.03 bits per heavy atom. The summed E-state index contributed by atoms with van der Waals surface area (Å²) < 4.78 is 48.3. The normalized spacial score (nSPS) is 14.3. The van der Waals surface area contributed by atoms with Gasteiger partial charge >= 0.3 is 12.3 Å². The molecule has 4 aromatic rings. The minimum absolute atomic E-state index is 0.173. The Morgan fingerprint density at radius 3 is 2.28 bits per heavy atom. The molecule has 11 heteroatoms. The molecule has 1 fully saturated rings. The first-order chi connectivity index (χ1) is 17.2. The lowest BCUT2D eigenvalue weighted by molar-refractivity contribution is -0.274. The molecule has 0 radical (unpaired) electrons. The molecule has 1 N–H and O–H groups in total. The van der Waals surface area contributed by atoms with Crippen molar-refractivity contribution in [3.05, 3.63) is 66.0 Å². The number of ether oxygens (including phenoxy) is 2. The Labute approximate surface area is 203 Å². The van der Waals surface area contributed by atoms with Crippen molar-refractivity contribution >= 4 is 22.7 Å². The summed E-state index contributed by atoms with van der Waals surface area (Å²) in [5.41, 5.74) is 3.59. The fourth-order valence-corrected chi connectivity index (χ4v) is 4.27. The lowest BCUT2D eigenvalue weighted by Crippen LogP contribution is -2.36. The van der Waals surface area contributed by atoms with Gasteiger partial charge in [-0.2, -0.15) is 5.10 Å². The molecule has 36 heavy (non-hydrogen) atoms. The molecular formula is C25H21F3N4O4. The van der Waals surface area contributed by atoms with E-state index in [1.54, 1.807) is 6.92 Å². The van der Waals surface area contributed by atoms with Crippen LogP contribution >= 0.6 is 0 Å². The molecule has 1 aliphatic rings. The second-order valence-corrected chi connectivity index (χ2v) is 8.24.